The van der Waals surface area contributed by atoms with Crippen LogP contribution in [0, 0.1) is 10.5 Å². The molecule has 0 saturated heterocycles. The highest BCUT2D eigenvalue weighted by Crippen LogP contribution is 2.40. The molecule has 1 aliphatic heterocycles. The van der Waals surface area contributed by atoms with Crippen molar-refractivity contribution in [2.75, 3.05) is 13.2 Å². The lowest BCUT2D eigenvalue weighted by atomic mass is 9.94. The van der Waals surface area contributed by atoms with Gasteiger partial charge in [-0.2, -0.15) is 0 Å². The summed E-state index contributed by atoms with van der Waals surface area (Å²) >= 11 is 2.24. The minimum atomic E-state index is -0.985. The van der Waals surface area contributed by atoms with Crippen LogP contribution in [0.2, 0.25) is 0 Å². The van der Waals surface area contributed by atoms with Crippen molar-refractivity contribution in [1.29, 1.82) is 0 Å². The third-order valence-electron chi connectivity index (χ3n) is 6.17. The van der Waals surface area contributed by atoms with Crippen molar-refractivity contribution in [3.8, 4) is 11.5 Å². The highest BCUT2D eigenvalue weighted by atomic mass is 127. The highest BCUT2D eigenvalue weighted by Gasteiger charge is 2.44. The number of hydrogen-bond donors (Lipinski definition) is 3. The van der Waals surface area contributed by atoms with Gasteiger partial charge in [0.2, 0.25) is 0 Å². The third-order valence-corrected chi connectivity index (χ3v) is 6.79. The number of aliphatic hydroxyl groups is 2. The van der Waals surface area contributed by atoms with Gasteiger partial charge in [0.15, 0.2) is 0 Å². The molecule has 2 aliphatic rings. The summed E-state index contributed by atoms with van der Waals surface area (Å²) in [6.45, 7) is 3.96. The van der Waals surface area contributed by atoms with Gasteiger partial charge in [-0.05, 0) is 59.7 Å². The van der Waals surface area contributed by atoms with Crippen molar-refractivity contribution in [2.24, 2.45) is 0 Å². The van der Waals surface area contributed by atoms with Gasteiger partial charge in [0.05, 0.1) is 17.2 Å². The fourth-order valence-corrected chi connectivity index (χ4v) is 5.05. The number of aromatic nitrogens is 2. The van der Waals surface area contributed by atoms with Crippen LogP contribution in [0.1, 0.15) is 29.2 Å². The Morgan fingerprint density at radius 3 is 2.90 bits per heavy atom. The molecule has 8 heteroatoms. The smallest absolute Gasteiger partial charge is 0.129 e. The molecule has 0 radical (unpaired) electrons. The van der Waals surface area contributed by atoms with Crippen LogP contribution < -0.4 is 14.8 Å². The number of hydrogen-bond acceptors (Lipinski definition) is 7. The van der Waals surface area contributed by atoms with Crippen molar-refractivity contribution in [1.82, 2.24) is 15.3 Å². The molecular formula is C23H24IN3O4. The zero-order chi connectivity index (χ0) is 21.5. The molecule has 1 aromatic heterocycles. The summed E-state index contributed by atoms with van der Waals surface area (Å²) in [6.07, 6.45) is -0.367. The van der Waals surface area contributed by atoms with E-state index in [-0.39, 0.29) is 5.92 Å². The van der Waals surface area contributed by atoms with Crippen LogP contribution in [-0.2, 0) is 6.54 Å². The Labute approximate surface area is 194 Å². The van der Waals surface area contributed by atoms with Gasteiger partial charge in [-0.15, -0.1) is 0 Å². The minimum Gasteiger partial charge on any atom is -0.492 e. The molecular weight excluding hydrogens is 509 g/mol. The Kier molecular flexibility index (Phi) is 5.72. The van der Waals surface area contributed by atoms with E-state index < -0.39 is 18.3 Å². The summed E-state index contributed by atoms with van der Waals surface area (Å²) in [5, 5.41) is 25.9. The van der Waals surface area contributed by atoms with Gasteiger partial charge in [-0.3, -0.25) is 0 Å². The van der Waals surface area contributed by atoms with E-state index in [1.807, 2.05) is 37.3 Å². The first-order valence-corrected chi connectivity index (χ1v) is 11.5. The van der Waals surface area contributed by atoms with E-state index in [9.17, 15) is 10.2 Å². The third kappa shape index (κ3) is 3.97. The summed E-state index contributed by atoms with van der Waals surface area (Å²) in [4.78, 5) is 8.60. The fourth-order valence-electron chi connectivity index (χ4n) is 4.48. The Morgan fingerprint density at radius 2 is 2.03 bits per heavy atom. The molecule has 31 heavy (non-hydrogen) atoms. The quantitative estimate of drug-likeness (QED) is 0.446. The summed E-state index contributed by atoms with van der Waals surface area (Å²) in [7, 11) is 0. The second-order valence-corrected chi connectivity index (χ2v) is 9.37. The van der Waals surface area contributed by atoms with Crippen LogP contribution in [0.5, 0.6) is 11.5 Å². The van der Waals surface area contributed by atoms with Crippen LogP contribution in [0.4, 0.5) is 0 Å². The molecule has 0 spiro atoms. The number of aryl methyl sites for hydroxylation is 1. The molecule has 0 bridgehead atoms. The molecule has 2 heterocycles. The van der Waals surface area contributed by atoms with Gasteiger partial charge >= 0.3 is 0 Å². The first-order valence-electron chi connectivity index (χ1n) is 10.4. The van der Waals surface area contributed by atoms with Gasteiger partial charge in [0, 0.05) is 33.7 Å². The van der Waals surface area contributed by atoms with Crippen LogP contribution in [0.3, 0.4) is 0 Å². The van der Waals surface area contributed by atoms with Crippen LogP contribution >= 0.6 is 22.6 Å². The number of fused-ring (bicyclic) bond motifs is 2. The van der Waals surface area contributed by atoms with Gasteiger partial charge in [-0.1, -0.05) is 12.1 Å². The van der Waals surface area contributed by atoms with Crippen molar-refractivity contribution in [3.63, 3.8) is 0 Å². The number of aliphatic hydroxyl groups excluding tert-OH is 2. The second kappa shape index (κ2) is 8.50. The lowest BCUT2D eigenvalue weighted by molar-refractivity contribution is -0.0123. The number of nitrogens with one attached hydrogen (secondary N) is 1. The average molecular weight is 533 g/mol. The van der Waals surface area contributed by atoms with Gasteiger partial charge in [-0.25, -0.2) is 9.97 Å². The molecule has 162 valence electrons. The maximum absolute atomic E-state index is 10.8. The molecule has 3 aromatic rings. The molecule has 1 fully saturated rings. The minimum absolute atomic E-state index is 0.240. The molecule has 4 unspecified atom stereocenters. The van der Waals surface area contributed by atoms with Crippen molar-refractivity contribution >= 4 is 33.5 Å². The normalized spacial score (nSPS) is 25.7. The predicted octanol–water partition coefficient (Wildman–Crippen LogP) is 2.68. The van der Waals surface area contributed by atoms with Crippen LogP contribution in [0.15, 0.2) is 36.7 Å². The van der Waals surface area contributed by atoms with Gasteiger partial charge < -0.3 is 25.0 Å². The standard InChI is InChI=1S/C23H24IN3O4/c1-12-15-3-2-13(6-18(15)27-11-26-12)16-9-21(23(29)22(16)28)31-20-8-14(24)7-19-17(20)10-25-4-5-30-19/h2-3,6-8,11,16,21-23,25,28-29H,4-5,9-10H2,1H3. The maximum atomic E-state index is 10.8. The topological polar surface area (TPSA) is 96.7 Å². The first-order chi connectivity index (χ1) is 15.0. The molecule has 3 N–H and O–H groups in total. The highest BCUT2D eigenvalue weighted by molar-refractivity contribution is 14.1. The van der Waals surface area contributed by atoms with E-state index in [1.165, 1.54) is 0 Å². The average Bonchev–Trinajstić information content (AvgIpc) is 2.92. The van der Waals surface area contributed by atoms with E-state index in [0.29, 0.717) is 25.3 Å². The zero-order valence-electron chi connectivity index (χ0n) is 17.1. The number of ether oxygens (including phenoxy) is 2. The van der Waals surface area contributed by atoms with Gasteiger partial charge in [0.1, 0.15) is 36.6 Å². The van der Waals surface area contributed by atoms with E-state index in [1.54, 1.807) is 6.33 Å². The van der Waals surface area contributed by atoms with E-state index >= 15 is 0 Å². The Morgan fingerprint density at radius 1 is 1.16 bits per heavy atom. The van der Waals surface area contributed by atoms with Crippen LogP contribution in [0.25, 0.3) is 10.9 Å². The number of benzene rings is 2. The maximum Gasteiger partial charge on any atom is 0.129 e. The molecule has 2 aromatic carbocycles. The predicted molar refractivity (Wildman–Crippen MR) is 124 cm³/mol. The Bertz CT molecular complexity index is 1130. The molecule has 1 saturated carbocycles. The summed E-state index contributed by atoms with van der Waals surface area (Å²) < 4.78 is 13.1. The van der Waals surface area contributed by atoms with Crippen molar-refractivity contribution < 1.29 is 19.7 Å². The number of nitrogens with zero attached hydrogens (tertiary/aromatic N) is 2. The van der Waals surface area contributed by atoms with Crippen molar-refractivity contribution in [2.45, 2.75) is 44.1 Å². The summed E-state index contributed by atoms with van der Waals surface area (Å²) in [5.41, 5.74) is 3.64. The SMILES string of the molecule is Cc1ncnc2cc(C3CC(Oc4cc(I)cc5c4CNCCO5)C(O)C3O)ccc12. The second-order valence-electron chi connectivity index (χ2n) is 8.12. The summed E-state index contributed by atoms with van der Waals surface area (Å²) in [6, 6.07) is 9.89. The molecule has 0 amide bonds. The van der Waals surface area contributed by atoms with Gasteiger partial charge in [0.25, 0.3) is 0 Å². The Balaban J connectivity index is 1.42. The van der Waals surface area contributed by atoms with E-state index in [4.69, 9.17) is 9.47 Å². The van der Waals surface area contributed by atoms with E-state index in [0.717, 1.165) is 43.6 Å². The lowest BCUT2D eigenvalue weighted by Crippen LogP contribution is -2.33. The van der Waals surface area contributed by atoms with Crippen LogP contribution in [-0.4, -0.2) is 51.6 Å². The molecule has 1 aliphatic carbocycles. The van der Waals surface area contributed by atoms with E-state index in [2.05, 4.69) is 37.9 Å². The molecule has 7 nitrogen and oxygen atoms in total. The number of halogens is 1. The zero-order valence-corrected chi connectivity index (χ0v) is 19.2. The first kappa shape index (κ1) is 20.9. The number of rotatable bonds is 3. The monoisotopic (exact) mass is 533 g/mol. The van der Waals surface area contributed by atoms with Crippen molar-refractivity contribution in [3.05, 3.63) is 57.1 Å². The Hall–Kier alpha value is -2.01. The molecule has 5 rings (SSSR count). The fraction of sp³-hybridized carbons (Fsp3) is 0.391. The lowest BCUT2D eigenvalue weighted by Gasteiger charge is -2.21. The molecule has 4 atom stereocenters. The largest absolute Gasteiger partial charge is 0.492 e. The summed E-state index contributed by atoms with van der Waals surface area (Å²) in [5.74, 6) is 1.26.